The molecule has 1 atom stereocenters. The van der Waals surface area contributed by atoms with Gasteiger partial charge < -0.3 is 24.5 Å². The van der Waals surface area contributed by atoms with Gasteiger partial charge in [-0.25, -0.2) is 13.8 Å². The Morgan fingerprint density at radius 2 is 2.05 bits per heavy atom. The normalized spacial score (nSPS) is 14.5. The van der Waals surface area contributed by atoms with Crippen molar-refractivity contribution < 1.29 is 28.2 Å². The number of aromatic amines is 2. The number of aliphatic carboxylic acids is 1. The number of nitrogens with zero attached hydrogens (tertiary/aromatic N) is 1. The first-order chi connectivity index (χ1) is 17.9. The molecule has 1 aliphatic rings. The molecular formula is C28H21F2N3O4. The molecule has 0 saturated carbocycles. The van der Waals surface area contributed by atoms with E-state index in [0.717, 1.165) is 10.9 Å². The highest BCUT2D eigenvalue weighted by atomic mass is 19.1. The van der Waals surface area contributed by atoms with Gasteiger partial charge in [-0.15, -0.1) is 0 Å². The number of aryl methyl sites for hydroxylation is 1. The number of carboxylic acids is 1. The number of ether oxygens (including phenoxy) is 2. The number of benzene rings is 3. The average Bonchev–Trinajstić information content (AvgIpc) is 3.62. The zero-order valence-corrected chi connectivity index (χ0v) is 19.6. The summed E-state index contributed by atoms with van der Waals surface area (Å²) in [5.74, 6) is -1.02. The largest absolute Gasteiger partial charge is 0.492 e. The van der Waals surface area contributed by atoms with Crippen molar-refractivity contribution in [2.24, 2.45) is 0 Å². The van der Waals surface area contributed by atoms with Crippen molar-refractivity contribution in [3.8, 4) is 28.6 Å². The number of hydrogen-bond acceptors (Lipinski definition) is 4. The Bertz CT molecular complexity index is 1670. The molecule has 6 rings (SSSR count). The Hall–Kier alpha value is -4.66. The molecule has 3 aromatic carbocycles. The van der Waals surface area contributed by atoms with E-state index in [1.807, 2.05) is 12.1 Å². The third-order valence-corrected chi connectivity index (χ3v) is 6.63. The number of hydrogen-bond donors (Lipinski definition) is 3. The Morgan fingerprint density at radius 1 is 1.19 bits per heavy atom. The fourth-order valence-corrected chi connectivity index (χ4v) is 4.84. The van der Waals surface area contributed by atoms with E-state index in [2.05, 4.69) is 15.0 Å². The second kappa shape index (κ2) is 8.77. The van der Waals surface area contributed by atoms with E-state index in [0.29, 0.717) is 34.7 Å². The van der Waals surface area contributed by atoms with Crippen LogP contribution in [0.2, 0.25) is 0 Å². The van der Waals surface area contributed by atoms with Crippen LogP contribution in [0.15, 0.2) is 60.9 Å². The minimum atomic E-state index is -0.940. The standard InChI is InChI=1S/C28H21F2N3O4/c1-14-17-7-8-31-23(17)11-22(30)26(14)37-16-5-6-21(29)19(10-16)28-32-12-24(33-28)20-13-36-27-15(9-25(34)35)3-2-4-18(20)27/h2-8,10-12,20,31H,9,13H2,1H3,(H,32,33)(H,34,35). The van der Waals surface area contributed by atoms with Gasteiger partial charge in [0.2, 0.25) is 0 Å². The fraction of sp³-hybridized carbons (Fsp3) is 0.143. The Morgan fingerprint density at radius 3 is 2.89 bits per heavy atom. The number of H-pyrrole nitrogens is 2. The number of aromatic nitrogens is 3. The third kappa shape index (κ3) is 3.98. The molecule has 2 aromatic heterocycles. The predicted molar refractivity (Wildman–Crippen MR) is 132 cm³/mol. The molecule has 3 heterocycles. The van der Waals surface area contributed by atoms with Gasteiger partial charge in [0.1, 0.15) is 29.7 Å². The molecule has 0 radical (unpaired) electrons. The van der Waals surface area contributed by atoms with Crippen LogP contribution in [0.3, 0.4) is 0 Å². The summed E-state index contributed by atoms with van der Waals surface area (Å²) >= 11 is 0. The summed E-state index contributed by atoms with van der Waals surface area (Å²) in [4.78, 5) is 21.7. The van der Waals surface area contributed by atoms with Crippen LogP contribution in [0.25, 0.3) is 22.3 Å². The molecule has 0 aliphatic carbocycles. The molecule has 7 nitrogen and oxygen atoms in total. The predicted octanol–water partition coefficient (Wildman–Crippen LogP) is 6.09. The van der Waals surface area contributed by atoms with Crippen LogP contribution < -0.4 is 9.47 Å². The van der Waals surface area contributed by atoms with Crippen LogP contribution in [-0.4, -0.2) is 32.6 Å². The second-order valence-corrected chi connectivity index (χ2v) is 8.95. The fourth-order valence-electron chi connectivity index (χ4n) is 4.84. The minimum Gasteiger partial charge on any atom is -0.492 e. The van der Waals surface area contributed by atoms with E-state index < -0.39 is 17.6 Å². The molecule has 5 aromatic rings. The number of imidazole rings is 1. The maximum absolute atomic E-state index is 14.8. The van der Waals surface area contributed by atoms with Gasteiger partial charge >= 0.3 is 5.97 Å². The summed E-state index contributed by atoms with van der Waals surface area (Å²) in [6.07, 6.45) is 3.20. The van der Waals surface area contributed by atoms with Crippen molar-refractivity contribution in [1.82, 2.24) is 15.0 Å². The number of para-hydroxylation sites is 1. The van der Waals surface area contributed by atoms with Crippen LogP contribution in [-0.2, 0) is 11.2 Å². The first kappa shape index (κ1) is 22.8. The molecular weight excluding hydrogens is 480 g/mol. The van der Waals surface area contributed by atoms with Gasteiger partial charge in [0.25, 0.3) is 0 Å². The van der Waals surface area contributed by atoms with Crippen molar-refractivity contribution in [3.05, 3.63) is 94.9 Å². The Kier molecular flexibility index (Phi) is 5.40. The molecule has 0 bridgehead atoms. The number of carboxylic acid groups (broad SMARTS) is 1. The van der Waals surface area contributed by atoms with Gasteiger partial charge in [0.15, 0.2) is 11.6 Å². The zero-order chi connectivity index (χ0) is 25.7. The smallest absolute Gasteiger partial charge is 0.307 e. The summed E-state index contributed by atoms with van der Waals surface area (Å²) < 4.78 is 41.3. The lowest BCUT2D eigenvalue weighted by molar-refractivity contribution is -0.136. The third-order valence-electron chi connectivity index (χ3n) is 6.63. The SMILES string of the molecule is Cc1c(Oc2ccc(F)c(-c3ncc(C4COc5c(CC(=O)O)cccc54)[nH]3)c2)c(F)cc2[nH]ccc12. The van der Waals surface area contributed by atoms with Crippen LogP contribution in [0.5, 0.6) is 17.2 Å². The second-order valence-electron chi connectivity index (χ2n) is 8.95. The van der Waals surface area contributed by atoms with E-state index in [-0.39, 0.29) is 35.2 Å². The highest BCUT2D eigenvalue weighted by Crippen LogP contribution is 2.41. The molecule has 0 fully saturated rings. The van der Waals surface area contributed by atoms with Crippen LogP contribution in [0.1, 0.15) is 28.3 Å². The highest BCUT2D eigenvalue weighted by molar-refractivity contribution is 5.85. The quantitative estimate of drug-likeness (QED) is 0.262. The van der Waals surface area contributed by atoms with Gasteiger partial charge in [-0.1, -0.05) is 18.2 Å². The number of fused-ring (bicyclic) bond motifs is 2. The van der Waals surface area contributed by atoms with Crippen LogP contribution in [0, 0.1) is 18.6 Å². The summed E-state index contributed by atoms with van der Waals surface area (Å²) in [5, 5.41) is 10.0. The Labute approximate surface area is 209 Å². The summed E-state index contributed by atoms with van der Waals surface area (Å²) in [6, 6.07) is 12.8. The maximum Gasteiger partial charge on any atom is 0.307 e. The lowest BCUT2D eigenvalue weighted by Gasteiger charge is -2.12. The lowest BCUT2D eigenvalue weighted by atomic mass is 9.96. The molecule has 1 unspecified atom stereocenters. The number of rotatable bonds is 6. The highest BCUT2D eigenvalue weighted by Gasteiger charge is 2.30. The number of halogens is 2. The number of nitrogens with one attached hydrogen (secondary N) is 2. The van der Waals surface area contributed by atoms with Gasteiger partial charge in [0.05, 0.1) is 17.9 Å². The van der Waals surface area contributed by atoms with Crippen molar-refractivity contribution in [2.45, 2.75) is 19.3 Å². The summed E-state index contributed by atoms with van der Waals surface area (Å²) in [6.45, 7) is 2.07. The molecule has 37 heavy (non-hydrogen) atoms. The van der Waals surface area contributed by atoms with Gasteiger partial charge in [-0.3, -0.25) is 4.79 Å². The lowest BCUT2D eigenvalue weighted by Crippen LogP contribution is -2.03. The van der Waals surface area contributed by atoms with E-state index in [1.165, 1.54) is 24.3 Å². The van der Waals surface area contributed by atoms with Crippen molar-refractivity contribution in [1.29, 1.82) is 0 Å². The topological polar surface area (TPSA) is 100 Å². The van der Waals surface area contributed by atoms with Gasteiger partial charge in [0, 0.05) is 51.7 Å². The molecule has 1 aliphatic heterocycles. The molecule has 3 N–H and O–H groups in total. The van der Waals surface area contributed by atoms with Crippen LogP contribution >= 0.6 is 0 Å². The van der Waals surface area contributed by atoms with Crippen molar-refractivity contribution in [3.63, 3.8) is 0 Å². The molecule has 0 saturated heterocycles. The molecule has 9 heteroatoms. The molecule has 0 amide bonds. The summed E-state index contributed by atoms with van der Waals surface area (Å²) in [7, 11) is 0. The first-order valence-electron chi connectivity index (χ1n) is 11.6. The first-order valence-corrected chi connectivity index (χ1v) is 11.6. The van der Waals surface area contributed by atoms with Gasteiger partial charge in [-0.05, 0) is 31.2 Å². The molecule has 0 spiro atoms. The maximum atomic E-state index is 14.8. The van der Waals surface area contributed by atoms with Gasteiger partial charge in [-0.2, -0.15) is 0 Å². The van der Waals surface area contributed by atoms with E-state index >= 15 is 0 Å². The minimum absolute atomic E-state index is 0.0710. The van der Waals surface area contributed by atoms with Crippen molar-refractivity contribution >= 4 is 16.9 Å². The van der Waals surface area contributed by atoms with E-state index in [4.69, 9.17) is 9.47 Å². The zero-order valence-electron chi connectivity index (χ0n) is 19.6. The Balaban J connectivity index is 1.31. The average molecular weight is 501 g/mol. The summed E-state index contributed by atoms with van der Waals surface area (Å²) in [5.41, 5.74) is 3.61. The number of carbonyl (C=O) groups is 1. The van der Waals surface area contributed by atoms with E-state index in [9.17, 15) is 18.7 Å². The van der Waals surface area contributed by atoms with Crippen molar-refractivity contribution in [2.75, 3.05) is 6.61 Å². The monoisotopic (exact) mass is 501 g/mol. The van der Waals surface area contributed by atoms with E-state index in [1.54, 1.807) is 31.5 Å². The molecule has 186 valence electrons. The van der Waals surface area contributed by atoms with Crippen LogP contribution in [0.4, 0.5) is 8.78 Å².